The number of rotatable bonds is 7. The Kier molecular flexibility index (Phi) is 10.8. The largest absolute Gasteiger partial charge is 2.00 e. The van der Waals surface area contributed by atoms with Crippen LogP contribution >= 0.6 is 0 Å². The number of ether oxygens (including phenoxy) is 2. The molecule has 10 heteroatoms. The predicted octanol–water partition coefficient (Wildman–Crippen LogP) is 9.42. The van der Waals surface area contributed by atoms with E-state index in [1.54, 1.807) is 18.6 Å². The van der Waals surface area contributed by atoms with Crippen LogP contribution in [0.4, 0.5) is 0 Å². The number of hydrogen-bond acceptors (Lipinski definition) is 7. The summed E-state index contributed by atoms with van der Waals surface area (Å²) in [4.78, 5) is 13.7. The molecule has 0 N–H and O–H groups in total. The molecule has 4 aromatic carbocycles. The SMILES string of the molecule is Cc1cc(Oc2[c-]c3c(cc2)c2ccc(Oc4[c-]c(-c5cc(C)ccn5)cc(C)c4)[c-]c2n3-c2ncc(C)nn2)[c-]c(-c2cc(C)ccn2)c1.[Pd+2].[Pd+2]. The molecule has 0 radical (unpaired) electrons. The fraction of sp³-hybridized carbons (Fsp3) is 0.119. The molecule has 260 valence electrons. The van der Waals surface area contributed by atoms with E-state index in [-0.39, 0.29) is 40.8 Å². The summed E-state index contributed by atoms with van der Waals surface area (Å²) in [7, 11) is 0. The summed E-state index contributed by atoms with van der Waals surface area (Å²) in [6.45, 7) is 9.99. The molecule has 0 aliphatic carbocycles. The third-order valence-electron chi connectivity index (χ3n) is 8.20. The Bertz CT molecular complexity index is 2410. The van der Waals surface area contributed by atoms with Gasteiger partial charge in [-0.3, -0.25) is 0 Å². The summed E-state index contributed by atoms with van der Waals surface area (Å²) < 4.78 is 14.6. The maximum atomic E-state index is 6.38. The molecule has 0 atom stereocenters. The van der Waals surface area contributed by atoms with E-state index in [1.165, 1.54) is 0 Å². The molecule has 0 fully saturated rings. The molecule has 52 heavy (non-hydrogen) atoms. The number of benzene rings is 4. The van der Waals surface area contributed by atoms with Crippen molar-refractivity contribution in [3.8, 4) is 51.5 Å². The quantitative estimate of drug-likeness (QED) is 0.117. The van der Waals surface area contributed by atoms with Gasteiger partial charge in [0.15, 0.2) is 0 Å². The van der Waals surface area contributed by atoms with Gasteiger partial charge in [0, 0.05) is 35.4 Å². The predicted molar refractivity (Wildman–Crippen MR) is 193 cm³/mol. The van der Waals surface area contributed by atoms with Crippen LogP contribution in [0.15, 0.2) is 91.4 Å². The molecule has 0 bridgehead atoms. The summed E-state index contributed by atoms with van der Waals surface area (Å²) in [5, 5.41) is 10.6. The van der Waals surface area contributed by atoms with Gasteiger partial charge < -0.3 is 24.0 Å². The van der Waals surface area contributed by atoms with Gasteiger partial charge in [-0.15, -0.1) is 63.8 Å². The van der Waals surface area contributed by atoms with Crippen molar-refractivity contribution in [3.05, 3.63) is 144 Å². The summed E-state index contributed by atoms with van der Waals surface area (Å²) in [5.74, 6) is 2.52. The van der Waals surface area contributed by atoms with Crippen LogP contribution in [0.2, 0.25) is 0 Å². The second-order valence-corrected chi connectivity index (χ2v) is 12.4. The second kappa shape index (κ2) is 15.3. The molecular weight excluding hydrogens is 833 g/mol. The monoisotopic (exact) mass is 862 g/mol. The zero-order valence-corrected chi connectivity index (χ0v) is 31.9. The number of aryl methyl sites for hydroxylation is 5. The smallest absolute Gasteiger partial charge is 0.503 e. The molecule has 4 aromatic heterocycles. The van der Waals surface area contributed by atoms with Crippen LogP contribution in [0.1, 0.15) is 27.9 Å². The first-order chi connectivity index (χ1) is 24.3. The average Bonchev–Trinajstić information content (AvgIpc) is 3.41. The third kappa shape index (κ3) is 7.58. The molecule has 0 saturated carbocycles. The van der Waals surface area contributed by atoms with Crippen LogP contribution in [0.25, 0.3) is 50.3 Å². The zero-order chi connectivity index (χ0) is 34.4. The number of pyridine rings is 2. The van der Waals surface area contributed by atoms with Gasteiger partial charge >= 0.3 is 40.8 Å². The van der Waals surface area contributed by atoms with E-state index in [2.05, 4.69) is 49.4 Å². The van der Waals surface area contributed by atoms with Crippen LogP contribution in [0, 0.1) is 58.9 Å². The molecular formula is C42H30N6O2Pd2. The van der Waals surface area contributed by atoms with Crippen molar-refractivity contribution < 1.29 is 50.3 Å². The standard InChI is InChI=1S/C42H30N6O2.2Pd/c1-25-10-12-43-38(18-25)30-14-27(3)16-34(20-30)49-32-6-8-36-37-9-7-33(23-41(37)48(40(36)22-32)42-45-24-29(5)46-47-42)50-35-17-28(4)15-31(21-35)39-19-26(2)11-13-44-39;;/h6-19,24H,1-5H3;;/q-4;2*+2. The maximum Gasteiger partial charge on any atom is 2.00 e. The van der Waals surface area contributed by atoms with Crippen LogP contribution in [0.3, 0.4) is 0 Å². The van der Waals surface area contributed by atoms with Crippen LogP contribution in [-0.2, 0) is 40.8 Å². The van der Waals surface area contributed by atoms with Crippen molar-refractivity contribution in [3.63, 3.8) is 0 Å². The van der Waals surface area contributed by atoms with Gasteiger partial charge in [0.25, 0.3) is 5.95 Å². The van der Waals surface area contributed by atoms with Crippen LogP contribution < -0.4 is 9.47 Å². The maximum absolute atomic E-state index is 6.38. The Morgan fingerprint density at radius 3 is 1.44 bits per heavy atom. The van der Waals surface area contributed by atoms with E-state index in [0.29, 0.717) is 45.7 Å². The molecule has 0 spiro atoms. The fourth-order valence-corrected chi connectivity index (χ4v) is 5.93. The van der Waals surface area contributed by atoms with Crippen molar-refractivity contribution in [2.24, 2.45) is 0 Å². The van der Waals surface area contributed by atoms with Gasteiger partial charge in [-0.2, -0.15) is 28.0 Å². The molecule has 0 amide bonds. The third-order valence-corrected chi connectivity index (χ3v) is 8.20. The van der Waals surface area contributed by atoms with E-state index in [4.69, 9.17) is 9.47 Å². The number of nitrogens with zero attached hydrogens (tertiary/aromatic N) is 6. The summed E-state index contributed by atoms with van der Waals surface area (Å²) >= 11 is 0. The minimum absolute atomic E-state index is 0. The molecule has 8 aromatic rings. The number of fused-ring (bicyclic) bond motifs is 3. The van der Waals surface area contributed by atoms with Crippen LogP contribution in [-0.4, -0.2) is 29.7 Å². The Balaban J connectivity index is 0.00000232. The van der Waals surface area contributed by atoms with E-state index in [1.807, 2.05) is 112 Å². The molecule has 0 unspecified atom stereocenters. The van der Waals surface area contributed by atoms with Gasteiger partial charge in [0.1, 0.15) is 0 Å². The summed E-state index contributed by atoms with van der Waals surface area (Å²) in [5.41, 5.74) is 9.81. The molecule has 0 saturated heterocycles. The van der Waals surface area contributed by atoms with Gasteiger partial charge in [-0.25, -0.2) is 4.98 Å². The number of aromatic nitrogens is 6. The number of hydrogen-bond donors (Lipinski definition) is 0. The van der Waals surface area contributed by atoms with Gasteiger partial charge in [0.2, 0.25) is 0 Å². The van der Waals surface area contributed by atoms with Crippen molar-refractivity contribution in [2.75, 3.05) is 0 Å². The Morgan fingerprint density at radius 2 is 1.00 bits per heavy atom. The summed E-state index contributed by atoms with van der Waals surface area (Å²) in [6, 6.07) is 37.5. The topological polar surface area (TPSA) is 87.8 Å². The molecule has 0 aliphatic rings. The first-order valence-corrected chi connectivity index (χ1v) is 16.1. The Labute approximate surface area is 329 Å². The van der Waals surface area contributed by atoms with Gasteiger partial charge in [-0.05, 0) is 44.3 Å². The van der Waals surface area contributed by atoms with Gasteiger partial charge in [0.05, 0.1) is 11.9 Å². The van der Waals surface area contributed by atoms with E-state index < -0.39 is 0 Å². The van der Waals surface area contributed by atoms with E-state index >= 15 is 0 Å². The van der Waals surface area contributed by atoms with Crippen LogP contribution in [0.5, 0.6) is 23.0 Å². The van der Waals surface area contributed by atoms with Crippen molar-refractivity contribution in [2.45, 2.75) is 34.6 Å². The Hall–Kier alpha value is -5.09. The first-order valence-electron chi connectivity index (χ1n) is 16.1. The van der Waals surface area contributed by atoms with Crippen molar-refractivity contribution in [1.82, 2.24) is 29.7 Å². The van der Waals surface area contributed by atoms with Gasteiger partial charge in [-0.1, -0.05) is 72.4 Å². The molecule has 8 rings (SSSR count). The van der Waals surface area contributed by atoms with E-state index in [0.717, 1.165) is 55.5 Å². The molecule has 0 aliphatic heterocycles. The summed E-state index contributed by atoms with van der Waals surface area (Å²) in [6.07, 6.45) is 5.29. The average molecular weight is 864 g/mol. The zero-order valence-electron chi connectivity index (χ0n) is 28.8. The van der Waals surface area contributed by atoms with Crippen molar-refractivity contribution >= 4 is 21.8 Å². The minimum Gasteiger partial charge on any atom is -0.503 e. The molecule has 8 nitrogen and oxygen atoms in total. The molecule has 4 heterocycles. The minimum atomic E-state index is 0. The van der Waals surface area contributed by atoms with E-state index in [9.17, 15) is 0 Å². The Morgan fingerprint density at radius 1 is 0.500 bits per heavy atom. The van der Waals surface area contributed by atoms with Crippen molar-refractivity contribution in [1.29, 1.82) is 0 Å². The first kappa shape index (κ1) is 36.7. The fourth-order valence-electron chi connectivity index (χ4n) is 5.93. The normalized spacial score (nSPS) is 10.9. The second-order valence-electron chi connectivity index (χ2n) is 12.4.